The molecule has 1 aliphatic rings. The summed E-state index contributed by atoms with van der Waals surface area (Å²) in [7, 11) is 0. The molecule has 2 unspecified atom stereocenters. The van der Waals surface area contributed by atoms with Crippen LogP contribution in [0, 0.1) is 16.7 Å². The number of esters is 2. The van der Waals surface area contributed by atoms with E-state index in [2.05, 4.69) is 33.4 Å². The molecule has 1 aromatic carbocycles. The fraction of sp³-hybridized carbons (Fsp3) is 0.613. The third-order valence-corrected chi connectivity index (χ3v) is 6.45. The number of allylic oxidation sites excluding steroid dienone is 3. The van der Waals surface area contributed by atoms with E-state index in [-0.39, 0.29) is 37.4 Å². The molecule has 0 bridgehead atoms. The van der Waals surface area contributed by atoms with Gasteiger partial charge in [-0.25, -0.2) is 0 Å². The van der Waals surface area contributed by atoms with Gasteiger partial charge in [-0.05, 0) is 98.3 Å². The molecule has 1 aliphatic carbocycles. The molecular formula is C31H46O6. The molecule has 1 aromatic rings. The van der Waals surface area contributed by atoms with Crippen molar-refractivity contribution in [3.8, 4) is 11.5 Å². The molecule has 0 fully saturated rings. The number of ether oxygens (including phenoxy) is 4. The van der Waals surface area contributed by atoms with Crippen LogP contribution in [0.25, 0.3) is 0 Å². The number of benzene rings is 1. The van der Waals surface area contributed by atoms with Gasteiger partial charge in [0.15, 0.2) is 0 Å². The highest BCUT2D eigenvalue weighted by atomic mass is 16.7. The zero-order chi connectivity index (χ0) is 28.0. The summed E-state index contributed by atoms with van der Waals surface area (Å²) in [6.07, 6.45) is 5.98. The van der Waals surface area contributed by atoms with Gasteiger partial charge in [0.2, 0.25) is 13.6 Å². The molecule has 0 amide bonds. The normalized spacial score (nSPS) is 18.0. The molecule has 2 rings (SSSR count). The van der Waals surface area contributed by atoms with Crippen molar-refractivity contribution in [1.29, 1.82) is 0 Å². The first-order chi connectivity index (χ1) is 17.1. The Balaban J connectivity index is 2.52. The highest BCUT2D eigenvalue weighted by Gasteiger charge is 2.32. The van der Waals surface area contributed by atoms with Gasteiger partial charge in [0, 0.05) is 11.5 Å². The Morgan fingerprint density at radius 3 is 1.84 bits per heavy atom. The van der Waals surface area contributed by atoms with Crippen molar-refractivity contribution < 1.29 is 28.5 Å². The zero-order valence-electron chi connectivity index (χ0n) is 24.3. The van der Waals surface area contributed by atoms with Gasteiger partial charge in [0.05, 0.1) is 10.8 Å². The molecule has 0 aromatic heterocycles. The third-order valence-electron chi connectivity index (χ3n) is 6.45. The van der Waals surface area contributed by atoms with Gasteiger partial charge < -0.3 is 18.9 Å². The minimum absolute atomic E-state index is 0.0384. The Hall–Kier alpha value is -2.76. The second-order valence-corrected chi connectivity index (χ2v) is 12.2. The van der Waals surface area contributed by atoms with Crippen LogP contribution in [0.15, 0.2) is 35.9 Å². The topological polar surface area (TPSA) is 71.1 Å². The molecular weight excluding hydrogens is 468 g/mol. The number of carbonyl (C=O) groups excluding carboxylic acids is 2. The van der Waals surface area contributed by atoms with E-state index in [9.17, 15) is 9.59 Å². The van der Waals surface area contributed by atoms with E-state index in [0.29, 0.717) is 11.5 Å². The summed E-state index contributed by atoms with van der Waals surface area (Å²) in [6.45, 7) is 21.0. The second kappa shape index (κ2) is 12.7. The van der Waals surface area contributed by atoms with Crippen molar-refractivity contribution in [3.63, 3.8) is 0 Å². The van der Waals surface area contributed by atoms with Gasteiger partial charge in [0.1, 0.15) is 11.5 Å². The Labute approximate surface area is 223 Å². The summed E-state index contributed by atoms with van der Waals surface area (Å²) in [5.74, 6) is 0.692. The predicted octanol–water partition coefficient (Wildman–Crippen LogP) is 7.51. The molecule has 37 heavy (non-hydrogen) atoms. The fourth-order valence-electron chi connectivity index (χ4n) is 4.29. The summed E-state index contributed by atoms with van der Waals surface area (Å²) in [5.41, 5.74) is 3.00. The molecule has 0 spiro atoms. The molecule has 206 valence electrons. The summed E-state index contributed by atoms with van der Waals surface area (Å²) in [5, 5.41) is 0. The SMILES string of the molecule is C=C(C)C1CCC(C)=CC1c1c(OCOC(=O)C(C)(C)C)cc(CCC)cc1OCOC(=O)C(C)(C)C. The number of aryl methyl sites for hydroxylation is 1. The Bertz CT molecular complexity index is 953. The molecule has 6 nitrogen and oxygen atoms in total. The summed E-state index contributed by atoms with van der Waals surface area (Å²) >= 11 is 0. The Morgan fingerprint density at radius 2 is 1.43 bits per heavy atom. The first kappa shape index (κ1) is 30.5. The summed E-state index contributed by atoms with van der Waals surface area (Å²) in [6, 6.07) is 4.01. The third kappa shape index (κ3) is 8.65. The largest absolute Gasteiger partial charge is 0.457 e. The summed E-state index contributed by atoms with van der Waals surface area (Å²) < 4.78 is 23.1. The standard InChI is InChI=1S/C31H46O6/c1-11-12-22-16-25(34-18-36-28(32)30(5,6)7)27(24-15-21(4)13-14-23(24)20(2)3)26(17-22)35-19-37-29(33)31(8,9)10/h15-17,23-24H,2,11-14,18-19H2,1,3-10H3. The van der Waals surface area contributed by atoms with Gasteiger partial charge in [0.25, 0.3) is 0 Å². The van der Waals surface area contributed by atoms with Crippen LogP contribution in [-0.2, 0) is 25.5 Å². The van der Waals surface area contributed by atoms with E-state index in [0.717, 1.165) is 42.4 Å². The molecule has 0 heterocycles. The van der Waals surface area contributed by atoms with Crippen molar-refractivity contribution in [2.24, 2.45) is 16.7 Å². The zero-order valence-corrected chi connectivity index (χ0v) is 24.3. The average Bonchev–Trinajstić information content (AvgIpc) is 2.77. The van der Waals surface area contributed by atoms with Crippen LogP contribution in [0.4, 0.5) is 0 Å². The second-order valence-electron chi connectivity index (χ2n) is 12.2. The van der Waals surface area contributed by atoms with Crippen LogP contribution < -0.4 is 9.47 Å². The minimum Gasteiger partial charge on any atom is -0.457 e. The number of rotatable bonds is 10. The van der Waals surface area contributed by atoms with E-state index < -0.39 is 10.8 Å². The lowest BCUT2D eigenvalue weighted by Gasteiger charge is -2.33. The lowest BCUT2D eigenvalue weighted by Crippen LogP contribution is -2.26. The minimum atomic E-state index is -0.629. The van der Waals surface area contributed by atoms with E-state index in [1.165, 1.54) is 5.57 Å². The maximum Gasteiger partial charge on any atom is 0.314 e. The number of hydrogen-bond donors (Lipinski definition) is 0. The predicted molar refractivity (Wildman–Crippen MR) is 147 cm³/mol. The first-order valence-electron chi connectivity index (χ1n) is 13.2. The van der Waals surface area contributed by atoms with Crippen LogP contribution >= 0.6 is 0 Å². The van der Waals surface area contributed by atoms with E-state index >= 15 is 0 Å². The Morgan fingerprint density at radius 1 is 0.946 bits per heavy atom. The van der Waals surface area contributed by atoms with Gasteiger partial charge >= 0.3 is 11.9 Å². The van der Waals surface area contributed by atoms with E-state index in [1.807, 2.05) is 12.1 Å². The molecule has 0 N–H and O–H groups in total. The average molecular weight is 515 g/mol. The lowest BCUT2D eigenvalue weighted by molar-refractivity contribution is -0.160. The van der Waals surface area contributed by atoms with E-state index in [1.54, 1.807) is 41.5 Å². The van der Waals surface area contributed by atoms with Crippen LogP contribution in [0.1, 0.15) is 98.6 Å². The van der Waals surface area contributed by atoms with Crippen molar-refractivity contribution in [2.75, 3.05) is 13.6 Å². The van der Waals surface area contributed by atoms with Crippen LogP contribution in [0.2, 0.25) is 0 Å². The maximum absolute atomic E-state index is 12.4. The molecule has 2 atom stereocenters. The molecule has 0 aliphatic heterocycles. The van der Waals surface area contributed by atoms with Gasteiger partial charge in [-0.2, -0.15) is 0 Å². The van der Waals surface area contributed by atoms with Crippen LogP contribution in [0.5, 0.6) is 11.5 Å². The van der Waals surface area contributed by atoms with Crippen molar-refractivity contribution in [3.05, 3.63) is 47.1 Å². The first-order valence-corrected chi connectivity index (χ1v) is 13.2. The number of carbonyl (C=O) groups is 2. The Kier molecular flexibility index (Phi) is 10.4. The fourth-order valence-corrected chi connectivity index (χ4v) is 4.29. The van der Waals surface area contributed by atoms with Crippen LogP contribution in [0.3, 0.4) is 0 Å². The maximum atomic E-state index is 12.4. The highest BCUT2D eigenvalue weighted by Crippen LogP contribution is 2.47. The van der Waals surface area contributed by atoms with Crippen molar-refractivity contribution in [2.45, 2.75) is 93.9 Å². The lowest BCUT2D eigenvalue weighted by atomic mass is 9.73. The van der Waals surface area contributed by atoms with Crippen LogP contribution in [-0.4, -0.2) is 25.5 Å². The van der Waals surface area contributed by atoms with Gasteiger partial charge in [-0.15, -0.1) is 0 Å². The quantitative estimate of drug-likeness (QED) is 0.183. The molecule has 0 saturated carbocycles. The van der Waals surface area contributed by atoms with Gasteiger partial charge in [-0.1, -0.05) is 37.1 Å². The molecule has 0 saturated heterocycles. The van der Waals surface area contributed by atoms with Gasteiger partial charge in [-0.3, -0.25) is 9.59 Å². The molecule has 0 radical (unpaired) electrons. The highest BCUT2D eigenvalue weighted by molar-refractivity contribution is 5.75. The molecule has 6 heteroatoms. The monoisotopic (exact) mass is 514 g/mol. The smallest absolute Gasteiger partial charge is 0.314 e. The van der Waals surface area contributed by atoms with Crippen molar-refractivity contribution >= 4 is 11.9 Å². The summed E-state index contributed by atoms with van der Waals surface area (Å²) in [4.78, 5) is 24.7. The van der Waals surface area contributed by atoms with E-state index in [4.69, 9.17) is 18.9 Å². The number of hydrogen-bond acceptors (Lipinski definition) is 6. The van der Waals surface area contributed by atoms with Crippen molar-refractivity contribution in [1.82, 2.24) is 0 Å².